The second-order valence-electron chi connectivity index (χ2n) is 7.60. The van der Waals surface area contributed by atoms with Gasteiger partial charge in [0.05, 0.1) is 6.10 Å². The van der Waals surface area contributed by atoms with Gasteiger partial charge in [0.2, 0.25) is 0 Å². The lowest BCUT2D eigenvalue weighted by Crippen LogP contribution is -2.39. The number of hydrogen-bond donors (Lipinski definition) is 0. The molecule has 0 bridgehead atoms. The molecule has 1 unspecified atom stereocenters. The van der Waals surface area contributed by atoms with Gasteiger partial charge in [-0.05, 0) is 72.8 Å². The maximum absolute atomic E-state index is 5.72. The standard InChI is InChI=1S/C19H26O/c1-19-10-9-16-15-6-4-3-5-13(15)7-8-17(16)18(19)11-14(12-19)20-2/h3-6,14,16-18H,7-12H2,1-2H3/t14?,16-,17-,18+,19-/m1/s1. The summed E-state index contributed by atoms with van der Waals surface area (Å²) in [5.74, 6) is 2.62. The first-order chi connectivity index (χ1) is 9.71. The van der Waals surface area contributed by atoms with E-state index in [1.807, 2.05) is 7.11 Å². The van der Waals surface area contributed by atoms with Gasteiger partial charge in [0.15, 0.2) is 0 Å². The summed E-state index contributed by atoms with van der Waals surface area (Å²) in [7, 11) is 1.90. The third-order valence-corrected chi connectivity index (χ3v) is 6.70. The third kappa shape index (κ3) is 1.79. The SMILES string of the molecule is COC1C[C@H]2[C@@H]3CCc4ccccc4[C@H]3CC[C@]2(C)C1. The molecule has 2 fully saturated rings. The number of methoxy groups -OCH3 is 1. The molecule has 1 aromatic carbocycles. The normalized spacial score (nSPS) is 42.7. The molecule has 0 aliphatic heterocycles. The van der Waals surface area contributed by atoms with Crippen molar-refractivity contribution in [2.75, 3.05) is 7.11 Å². The zero-order valence-electron chi connectivity index (χ0n) is 12.8. The molecular weight excluding hydrogens is 244 g/mol. The number of benzene rings is 1. The van der Waals surface area contributed by atoms with Gasteiger partial charge < -0.3 is 4.74 Å². The molecule has 3 aliphatic carbocycles. The highest BCUT2D eigenvalue weighted by Gasteiger charge is 2.53. The van der Waals surface area contributed by atoms with E-state index in [1.54, 1.807) is 11.1 Å². The van der Waals surface area contributed by atoms with E-state index in [4.69, 9.17) is 4.74 Å². The Bertz CT molecular complexity index is 508. The molecule has 2 saturated carbocycles. The molecule has 0 spiro atoms. The monoisotopic (exact) mass is 270 g/mol. The summed E-state index contributed by atoms with van der Waals surface area (Å²) >= 11 is 0. The summed E-state index contributed by atoms with van der Waals surface area (Å²) in [6.45, 7) is 2.54. The van der Waals surface area contributed by atoms with E-state index >= 15 is 0 Å². The van der Waals surface area contributed by atoms with Gasteiger partial charge in [-0.15, -0.1) is 0 Å². The van der Waals surface area contributed by atoms with Gasteiger partial charge in [-0.2, -0.15) is 0 Å². The van der Waals surface area contributed by atoms with E-state index in [0.717, 1.165) is 17.8 Å². The second-order valence-corrected chi connectivity index (χ2v) is 7.60. The smallest absolute Gasteiger partial charge is 0.0579 e. The van der Waals surface area contributed by atoms with Crippen molar-refractivity contribution in [1.82, 2.24) is 0 Å². The molecule has 0 aromatic heterocycles. The Labute approximate surface area is 122 Å². The van der Waals surface area contributed by atoms with E-state index in [1.165, 1.54) is 38.5 Å². The minimum Gasteiger partial charge on any atom is -0.381 e. The molecule has 108 valence electrons. The van der Waals surface area contributed by atoms with Crippen molar-refractivity contribution in [2.24, 2.45) is 17.3 Å². The fourth-order valence-electron chi connectivity index (χ4n) is 5.70. The van der Waals surface area contributed by atoms with Gasteiger partial charge in [0.25, 0.3) is 0 Å². The van der Waals surface area contributed by atoms with Crippen molar-refractivity contribution in [2.45, 2.75) is 57.5 Å². The Morgan fingerprint density at radius 3 is 2.90 bits per heavy atom. The average molecular weight is 270 g/mol. The highest BCUT2D eigenvalue weighted by molar-refractivity contribution is 5.34. The maximum Gasteiger partial charge on any atom is 0.0579 e. The summed E-state index contributed by atoms with van der Waals surface area (Å²) in [5.41, 5.74) is 3.85. The van der Waals surface area contributed by atoms with Crippen LogP contribution in [-0.4, -0.2) is 13.2 Å². The minimum absolute atomic E-state index is 0.515. The summed E-state index contributed by atoms with van der Waals surface area (Å²) in [5, 5.41) is 0. The molecule has 0 N–H and O–H groups in total. The molecule has 0 heterocycles. The van der Waals surface area contributed by atoms with Gasteiger partial charge in [-0.25, -0.2) is 0 Å². The molecule has 1 aromatic rings. The topological polar surface area (TPSA) is 9.23 Å². The molecule has 0 amide bonds. The van der Waals surface area contributed by atoms with Crippen LogP contribution < -0.4 is 0 Å². The summed E-state index contributed by atoms with van der Waals surface area (Å²) in [4.78, 5) is 0. The second kappa shape index (κ2) is 4.59. The quantitative estimate of drug-likeness (QED) is 0.727. The number of hydrogen-bond acceptors (Lipinski definition) is 1. The van der Waals surface area contributed by atoms with Gasteiger partial charge in [0, 0.05) is 7.11 Å². The molecule has 0 radical (unpaired) electrons. The fourth-order valence-corrected chi connectivity index (χ4v) is 5.70. The molecule has 1 heteroatoms. The van der Waals surface area contributed by atoms with Crippen molar-refractivity contribution in [3.8, 4) is 0 Å². The number of aryl methyl sites for hydroxylation is 1. The molecule has 20 heavy (non-hydrogen) atoms. The highest BCUT2D eigenvalue weighted by atomic mass is 16.5. The third-order valence-electron chi connectivity index (χ3n) is 6.70. The van der Waals surface area contributed by atoms with Crippen LogP contribution in [-0.2, 0) is 11.2 Å². The maximum atomic E-state index is 5.72. The summed E-state index contributed by atoms with van der Waals surface area (Å²) < 4.78 is 5.72. The van der Waals surface area contributed by atoms with Crippen LogP contribution in [0.5, 0.6) is 0 Å². The van der Waals surface area contributed by atoms with Crippen molar-refractivity contribution in [3.05, 3.63) is 35.4 Å². The molecule has 3 aliphatic rings. The molecule has 4 rings (SSSR count). The number of ether oxygens (including phenoxy) is 1. The molecule has 1 nitrogen and oxygen atoms in total. The predicted molar refractivity (Wildman–Crippen MR) is 81.9 cm³/mol. The van der Waals surface area contributed by atoms with E-state index < -0.39 is 0 Å². The van der Waals surface area contributed by atoms with E-state index in [2.05, 4.69) is 31.2 Å². The van der Waals surface area contributed by atoms with Crippen LogP contribution in [0.4, 0.5) is 0 Å². The van der Waals surface area contributed by atoms with Crippen LogP contribution in [0, 0.1) is 17.3 Å². The first kappa shape index (κ1) is 12.9. The zero-order chi connectivity index (χ0) is 13.7. The zero-order valence-corrected chi connectivity index (χ0v) is 12.8. The molecule has 5 atom stereocenters. The summed E-state index contributed by atoms with van der Waals surface area (Å²) in [6, 6.07) is 9.20. The Balaban J connectivity index is 1.67. The van der Waals surface area contributed by atoms with Crippen molar-refractivity contribution in [1.29, 1.82) is 0 Å². The van der Waals surface area contributed by atoms with Crippen molar-refractivity contribution < 1.29 is 4.74 Å². The van der Waals surface area contributed by atoms with Crippen LogP contribution in [0.25, 0.3) is 0 Å². The van der Waals surface area contributed by atoms with Gasteiger partial charge in [-0.3, -0.25) is 0 Å². The highest BCUT2D eigenvalue weighted by Crippen LogP contribution is 2.61. The number of rotatable bonds is 1. The van der Waals surface area contributed by atoms with Crippen LogP contribution in [0.15, 0.2) is 24.3 Å². The largest absolute Gasteiger partial charge is 0.381 e. The van der Waals surface area contributed by atoms with Gasteiger partial charge in [-0.1, -0.05) is 31.2 Å². The van der Waals surface area contributed by atoms with Gasteiger partial charge >= 0.3 is 0 Å². The van der Waals surface area contributed by atoms with E-state index in [0.29, 0.717) is 11.5 Å². The lowest BCUT2D eigenvalue weighted by molar-refractivity contribution is 0.0592. The molecular formula is C19H26O. The minimum atomic E-state index is 0.515. The van der Waals surface area contributed by atoms with Gasteiger partial charge in [0.1, 0.15) is 0 Å². The van der Waals surface area contributed by atoms with Crippen LogP contribution in [0.1, 0.15) is 56.1 Å². The van der Waals surface area contributed by atoms with Crippen LogP contribution in [0.3, 0.4) is 0 Å². The average Bonchev–Trinajstić information content (AvgIpc) is 2.84. The first-order valence-electron chi connectivity index (χ1n) is 8.32. The lowest BCUT2D eigenvalue weighted by Gasteiger charge is -2.49. The lowest BCUT2D eigenvalue weighted by atomic mass is 9.56. The van der Waals surface area contributed by atoms with Crippen LogP contribution in [0.2, 0.25) is 0 Å². The van der Waals surface area contributed by atoms with Crippen LogP contribution >= 0.6 is 0 Å². The van der Waals surface area contributed by atoms with E-state index in [9.17, 15) is 0 Å². The Morgan fingerprint density at radius 1 is 1.20 bits per heavy atom. The molecule has 0 saturated heterocycles. The van der Waals surface area contributed by atoms with Crippen molar-refractivity contribution in [3.63, 3.8) is 0 Å². The Morgan fingerprint density at radius 2 is 2.05 bits per heavy atom. The van der Waals surface area contributed by atoms with Crippen molar-refractivity contribution >= 4 is 0 Å². The predicted octanol–water partition coefficient (Wildman–Crippen LogP) is 4.56. The number of fused-ring (bicyclic) bond motifs is 5. The van der Waals surface area contributed by atoms with E-state index in [-0.39, 0.29) is 0 Å². The Kier molecular flexibility index (Phi) is 2.96. The first-order valence-corrected chi connectivity index (χ1v) is 8.32. The Hall–Kier alpha value is -0.820. The summed E-state index contributed by atoms with van der Waals surface area (Å²) in [6.07, 6.45) is 8.59. The fraction of sp³-hybridized carbons (Fsp3) is 0.684.